The van der Waals surface area contributed by atoms with Gasteiger partial charge >= 0.3 is 0 Å². The van der Waals surface area contributed by atoms with Crippen LogP contribution in [0.2, 0.25) is 0 Å². The van der Waals surface area contributed by atoms with Gasteiger partial charge in [0.05, 0.1) is 25.4 Å². The third kappa shape index (κ3) is 2.84. The highest BCUT2D eigenvalue weighted by Crippen LogP contribution is 2.42. The SMILES string of the molecule is COc1cc(C)cc(C)c1C1(O)CCOC(C(C)C)C1. The second-order valence-electron chi connectivity index (χ2n) is 6.30. The Morgan fingerprint density at radius 1 is 1.35 bits per heavy atom. The van der Waals surface area contributed by atoms with Gasteiger partial charge < -0.3 is 14.6 Å². The van der Waals surface area contributed by atoms with Crippen LogP contribution in [0.5, 0.6) is 5.75 Å². The summed E-state index contributed by atoms with van der Waals surface area (Å²) in [6, 6.07) is 4.11. The lowest BCUT2D eigenvalue weighted by Gasteiger charge is -2.40. The number of aryl methyl sites for hydroxylation is 2. The number of benzene rings is 1. The van der Waals surface area contributed by atoms with E-state index in [0.717, 1.165) is 22.4 Å². The van der Waals surface area contributed by atoms with Crippen LogP contribution in [0.1, 0.15) is 43.4 Å². The van der Waals surface area contributed by atoms with Crippen molar-refractivity contribution in [1.82, 2.24) is 0 Å². The Kier molecular flexibility index (Phi) is 4.40. The average molecular weight is 278 g/mol. The Morgan fingerprint density at radius 3 is 2.65 bits per heavy atom. The van der Waals surface area contributed by atoms with E-state index in [1.165, 1.54) is 0 Å². The molecule has 0 aromatic heterocycles. The first-order valence-corrected chi connectivity index (χ1v) is 7.37. The molecule has 0 amide bonds. The summed E-state index contributed by atoms with van der Waals surface area (Å²) in [5.74, 6) is 1.19. The summed E-state index contributed by atoms with van der Waals surface area (Å²) in [6.07, 6.45) is 1.35. The highest BCUT2D eigenvalue weighted by Gasteiger charge is 2.40. The molecule has 1 saturated heterocycles. The molecular formula is C17H26O3. The van der Waals surface area contributed by atoms with Gasteiger partial charge in [-0.15, -0.1) is 0 Å². The molecule has 0 spiro atoms. The van der Waals surface area contributed by atoms with E-state index in [0.29, 0.717) is 25.4 Å². The van der Waals surface area contributed by atoms with E-state index in [2.05, 4.69) is 19.9 Å². The molecule has 1 aromatic carbocycles. The van der Waals surface area contributed by atoms with Crippen LogP contribution in [0.25, 0.3) is 0 Å². The number of aliphatic hydroxyl groups is 1. The van der Waals surface area contributed by atoms with Gasteiger partial charge in [0.25, 0.3) is 0 Å². The molecule has 3 heteroatoms. The van der Waals surface area contributed by atoms with Crippen molar-refractivity contribution >= 4 is 0 Å². The lowest BCUT2D eigenvalue weighted by Crippen LogP contribution is -2.41. The molecule has 1 aliphatic rings. The molecule has 1 aromatic rings. The van der Waals surface area contributed by atoms with E-state index >= 15 is 0 Å². The van der Waals surface area contributed by atoms with E-state index in [1.54, 1.807) is 7.11 Å². The van der Waals surface area contributed by atoms with Crippen molar-refractivity contribution in [3.05, 3.63) is 28.8 Å². The molecule has 2 rings (SSSR count). The zero-order valence-corrected chi connectivity index (χ0v) is 13.2. The second kappa shape index (κ2) is 5.74. The summed E-state index contributed by atoms with van der Waals surface area (Å²) in [5.41, 5.74) is 2.32. The van der Waals surface area contributed by atoms with Crippen molar-refractivity contribution in [2.75, 3.05) is 13.7 Å². The van der Waals surface area contributed by atoms with Gasteiger partial charge in [0.15, 0.2) is 0 Å². The quantitative estimate of drug-likeness (QED) is 0.921. The molecule has 0 saturated carbocycles. The molecule has 20 heavy (non-hydrogen) atoms. The van der Waals surface area contributed by atoms with Crippen LogP contribution in [0.4, 0.5) is 0 Å². The zero-order valence-electron chi connectivity index (χ0n) is 13.2. The maximum absolute atomic E-state index is 11.2. The monoisotopic (exact) mass is 278 g/mol. The summed E-state index contributed by atoms with van der Waals surface area (Å²) in [5, 5.41) is 11.2. The van der Waals surface area contributed by atoms with Gasteiger partial charge in [-0.05, 0) is 37.0 Å². The summed E-state index contributed by atoms with van der Waals surface area (Å²) in [4.78, 5) is 0. The highest BCUT2D eigenvalue weighted by atomic mass is 16.5. The maximum Gasteiger partial charge on any atom is 0.125 e. The molecule has 2 unspecified atom stereocenters. The molecule has 2 atom stereocenters. The predicted octanol–water partition coefficient (Wildman–Crippen LogP) is 3.33. The molecule has 0 bridgehead atoms. The van der Waals surface area contributed by atoms with Crippen molar-refractivity contribution in [2.24, 2.45) is 5.92 Å². The van der Waals surface area contributed by atoms with E-state index < -0.39 is 5.60 Å². The molecule has 1 fully saturated rings. The van der Waals surface area contributed by atoms with Gasteiger partial charge in [0.2, 0.25) is 0 Å². The Labute approximate surface area is 121 Å². The summed E-state index contributed by atoms with van der Waals surface area (Å²) >= 11 is 0. The van der Waals surface area contributed by atoms with Gasteiger partial charge in [-0.25, -0.2) is 0 Å². The largest absolute Gasteiger partial charge is 0.496 e. The minimum Gasteiger partial charge on any atom is -0.496 e. The zero-order chi connectivity index (χ0) is 14.9. The third-order valence-corrected chi connectivity index (χ3v) is 4.26. The van der Waals surface area contributed by atoms with Gasteiger partial charge in [0, 0.05) is 18.4 Å². The Morgan fingerprint density at radius 2 is 2.05 bits per heavy atom. The highest BCUT2D eigenvalue weighted by molar-refractivity contribution is 5.47. The molecule has 0 radical (unpaired) electrons. The van der Waals surface area contributed by atoms with E-state index in [4.69, 9.17) is 9.47 Å². The van der Waals surface area contributed by atoms with E-state index in [9.17, 15) is 5.11 Å². The summed E-state index contributed by atoms with van der Waals surface area (Å²) in [6.45, 7) is 8.95. The number of hydrogen-bond acceptors (Lipinski definition) is 3. The predicted molar refractivity (Wildman–Crippen MR) is 80.2 cm³/mol. The van der Waals surface area contributed by atoms with Crippen molar-refractivity contribution < 1.29 is 14.6 Å². The third-order valence-electron chi connectivity index (χ3n) is 4.26. The Balaban J connectivity index is 2.43. The van der Waals surface area contributed by atoms with Crippen LogP contribution in [-0.2, 0) is 10.3 Å². The first-order valence-electron chi connectivity index (χ1n) is 7.37. The van der Waals surface area contributed by atoms with Gasteiger partial charge in [0.1, 0.15) is 5.75 Å². The minimum atomic E-state index is -0.851. The molecule has 112 valence electrons. The number of rotatable bonds is 3. The van der Waals surface area contributed by atoms with Crippen molar-refractivity contribution in [3.8, 4) is 5.75 Å². The Bertz CT molecular complexity index is 481. The van der Waals surface area contributed by atoms with E-state index in [1.807, 2.05) is 19.9 Å². The Hall–Kier alpha value is -1.06. The average Bonchev–Trinajstić information content (AvgIpc) is 2.37. The van der Waals surface area contributed by atoms with Gasteiger partial charge in [-0.2, -0.15) is 0 Å². The molecule has 1 N–H and O–H groups in total. The standard InChI is InChI=1S/C17H26O3/c1-11(2)15-10-17(18,6-7-20-15)16-13(4)8-12(3)9-14(16)19-5/h8-9,11,15,18H,6-7,10H2,1-5H3. The molecule has 0 aliphatic carbocycles. The molecule has 1 aliphatic heterocycles. The lowest BCUT2D eigenvalue weighted by atomic mass is 9.78. The fourth-order valence-electron chi connectivity index (χ4n) is 3.21. The van der Waals surface area contributed by atoms with Crippen LogP contribution in [0, 0.1) is 19.8 Å². The fourth-order valence-corrected chi connectivity index (χ4v) is 3.21. The lowest BCUT2D eigenvalue weighted by molar-refractivity contribution is -0.122. The van der Waals surface area contributed by atoms with Crippen LogP contribution in [0.3, 0.4) is 0 Å². The van der Waals surface area contributed by atoms with E-state index in [-0.39, 0.29) is 6.10 Å². The molecular weight excluding hydrogens is 252 g/mol. The molecule has 1 heterocycles. The first kappa shape index (κ1) is 15.3. The van der Waals surface area contributed by atoms with Crippen LogP contribution in [0.15, 0.2) is 12.1 Å². The number of ether oxygens (including phenoxy) is 2. The normalized spacial score (nSPS) is 26.9. The first-order chi connectivity index (χ1) is 9.37. The maximum atomic E-state index is 11.2. The summed E-state index contributed by atoms with van der Waals surface area (Å²) < 4.78 is 11.3. The van der Waals surface area contributed by atoms with Crippen LogP contribution >= 0.6 is 0 Å². The van der Waals surface area contributed by atoms with Gasteiger partial charge in [-0.3, -0.25) is 0 Å². The molecule has 3 nitrogen and oxygen atoms in total. The van der Waals surface area contributed by atoms with Gasteiger partial charge in [-0.1, -0.05) is 19.9 Å². The van der Waals surface area contributed by atoms with Crippen molar-refractivity contribution in [2.45, 2.75) is 52.2 Å². The smallest absolute Gasteiger partial charge is 0.125 e. The minimum absolute atomic E-state index is 0.0964. The topological polar surface area (TPSA) is 38.7 Å². The fraction of sp³-hybridized carbons (Fsp3) is 0.647. The number of hydrogen-bond donors (Lipinski definition) is 1. The van der Waals surface area contributed by atoms with Crippen molar-refractivity contribution in [1.29, 1.82) is 0 Å². The number of methoxy groups -OCH3 is 1. The van der Waals surface area contributed by atoms with Crippen LogP contribution < -0.4 is 4.74 Å². The second-order valence-corrected chi connectivity index (χ2v) is 6.30. The van der Waals surface area contributed by atoms with Crippen molar-refractivity contribution in [3.63, 3.8) is 0 Å². The summed E-state index contributed by atoms with van der Waals surface area (Å²) in [7, 11) is 1.67. The van der Waals surface area contributed by atoms with Crippen LogP contribution in [-0.4, -0.2) is 24.9 Å².